The van der Waals surface area contributed by atoms with Crippen LogP contribution in [0, 0.1) is 0 Å². The van der Waals surface area contributed by atoms with Crippen LogP contribution in [0.5, 0.6) is 0 Å². The Labute approximate surface area is 160 Å². The lowest BCUT2D eigenvalue weighted by Gasteiger charge is -2.32. The molecule has 0 saturated heterocycles. The molecule has 1 aliphatic rings. The zero-order valence-electron chi connectivity index (χ0n) is 15.2. The van der Waals surface area contributed by atoms with Gasteiger partial charge in [-0.15, -0.1) is 0 Å². The van der Waals surface area contributed by atoms with Crippen molar-refractivity contribution in [3.8, 4) is 0 Å². The van der Waals surface area contributed by atoms with Crippen LogP contribution in [-0.2, 0) is 17.6 Å². The van der Waals surface area contributed by atoms with Gasteiger partial charge in [-0.05, 0) is 23.3 Å². The van der Waals surface area contributed by atoms with E-state index >= 15 is 0 Å². The number of benzene rings is 3. The van der Waals surface area contributed by atoms with Crippen molar-refractivity contribution in [3.63, 3.8) is 0 Å². The average Bonchev–Trinajstić information content (AvgIpc) is 3.21. The maximum atomic E-state index is 11.7. The van der Waals surface area contributed by atoms with E-state index in [-0.39, 0.29) is 6.04 Å². The Bertz CT molecular complexity index is 850. The number of rotatable bonds is 6. The summed E-state index contributed by atoms with van der Waals surface area (Å²) in [5.74, 6) is 0.611. The summed E-state index contributed by atoms with van der Waals surface area (Å²) >= 11 is 0. The van der Waals surface area contributed by atoms with Gasteiger partial charge in [0.2, 0.25) is 5.90 Å². The van der Waals surface area contributed by atoms with Crippen LogP contribution >= 0.6 is 0 Å². The van der Waals surface area contributed by atoms with Gasteiger partial charge in [-0.1, -0.05) is 78.9 Å². The molecule has 0 aromatic heterocycles. The zero-order chi connectivity index (χ0) is 18.5. The van der Waals surface area contributed by atoms with E-state index in [1.807, 2.05) is 91.0 Å². The molecular formula is C24H23NO2. The van der Waals surface area contributed by atoms with Crippen LogP contribution in [0.1, 0.15) is 16.7 Å². The molecule has 1 heterocycles. The molecule has 0 spiro atoms. The van der Waals surface area contributed by atoms with Crippen LogP contribution in [0.3, 0.4) is 0 Å². The van der Waals surface area contributed by atoms with E-state index in [1.54, 1.807) is 0 Å². The third kappa shape index (κ3) is 4.09. The van der Waals surface area contributed by atoms with Gasteiger partial charge >= 0.3 is 0 Å². The summed E-state index contributed by atoms with van der Waals surface area (Å²) in [4.78, 5) is 4.77. The molecule has 0 unspecified atom stereocenters. The highest BCUT2D eigenvalue weighted by atomic mass is 16.5. The molecular weight excluding hydrogens is 334 g/mol. The van der Waals surface area contributed by atoms with E-state index in [0.29, 0.717) is 25.3 Å². The fourth-order valence-electron chi connectivity index (χ4n) is 3.58. The number of hydrogen-bond donors (Lipinski definition) is 1. The van der Waals surface area contributed by atoms with Crippen LogP contribution in [0.2, 0.25) is 0 Å². The molecule has 27 heavy (non-hydrogen) atoms. The van der Waals surface area contributed by atoms with Crippen LogP contribution in [-0.4, -0.2) is 29.3 Å². The Hall–Kier alpha value is -2.91. The van der Waals surface area contributed by atoms with Gasteiger partial charge in [-0.3, -0.25) is 0 Å². The fraction of sp³-hybridized carbons (Fsp3) is 0.208. The maximum absolute atomic E-state index is 11.7. The SMILES string of the molecule is OC(Cc1ccccc1)(Cc1ccccc1)[C@@H]1COC(c2ccccc2)=N1. The first kappa shape index (κ1) is 17.5. The molecule has 1 aliphatic heterocycles. The van der Waals surface area contributed by atoms with Crippen LogP contribution in [0.25, 0.3) is 0 Å². The minimum atomic E-state index is -1.01. The third-order valence-electron chi connectivity index (χ3n) is 5.00. The third-order valence-corrected chi connectivity index (χ3v) is 5.00. The summed E-state index contributed by atoms with van der Waals surface area (Å²) in [7, 11) is 0. The summed E-state index contributed by atoms with van der Waals surface area (Å²) in [5, 5.41) is 11.7. The maximum Gasteiger partial charge on any atom is 0.216 e. The molecule has 3 aromatic rings. The average molecular weight is 357 g/mol. The van der Waals surface area contributed by atoms with Crippen LogP contribution in [0.4, 0.5) is 0 Å². The van der Waals surface area contributed by atoms with E-state index in [9.17, 15) is 5.11 Å². The monoisotopic (exact) mass is 357 g/mol. The predicted octanol–water partition coefficient (Wildman–Crippen LogP) is 4.05. The van der Waals surface area contributed by atoms with Gasteiger partial charge in [0.15, 0.2) is 0 Å². The van der Waals surface area contributed by atoms with E-state index in [2.05, 4.69) is 0 Å². The Morgan fingerprint density at radius 1 is 0.778 bits per heavy atom. The number of hydrogen-bond acceptors (Lipinski definition) is 3. The van der Waals surface area contributed by atoms with Crippen LogP contribution in [0.15, 0.2) is 96.0 Å². The topological polar surface area (TPSA) is 41.8 Å². The Morgan fingerprint density at radius 2 is 1.26 bits per heavy atom. The molecule has 0 amide bonds. The van der Waals surface area contributed by atoms with Gasteiger partial charge < -0.3 is 9.84 Å². The van der Waals surface area contributed by atoms with Gasteiger partial charge in [0.05, 0.1) is 5.60 Å². The normalized spacial score (nSPS) is 16.6. The van der Waals surface area contributed by atoms with E-state index in [1.165, 1.54) is 0 Å². The molecule has 0 bridgehead atoms. The summed E-state index contributed by atoms with van der Waals surface area (Å²) in [6.07, 6.45) is 1.06. The second-order valence-electron chi connectivity index (χ2n) is 7.06. The van der Waals surface area contributed by atoms with E-state index < -0.39 is 5.60 Å². The lowest BCUT2D eigenvalue weighted by molar-refractivity contribution is 0.00806. The van der Waals surface area contributed by atoms with Crippen molar-refractivity contribution in [2.24, 2.45) is 4.99 Å². The van der Waals surface area contributed by atoms with E-state index in [4.69, 9.17) is 9.73 Å². The summed E-state index contributed by atoms with van der Waals surface area (Å²) in [6, 6.07) is 29.7. The summed E-state index contributed by atoms with van der Waals surface area (Å²) < 4.78 is 5.86. The van der Waals surface area contributed by atoms with Crippen molar-refractivity contribution < 1.29 is 9.84 Å². The van der Waals surface area contributed by atoms with Crippen molar-refractivity contribution in [2.75, 3.05) is 6.61 Å². The van der Waals surface area contributed by atoms with Crippen molar-refractivity contribution in [1.29, 1.82) is 0 Å². The molecule has 0 radical (unpaired) electrons. The lowest BCUT2D eigenvalue weighted by Crippen LogP contribution is -2.46. The molecule has 136 valence electrons. The standard InChI is InChI=1S/C24H23NO2/c26-24(16-19-10-4-1-5-11-19,17-20-12-6-2-7-13-20)22-18-27-23(25-22)21-14-8-3-9-15-21/h1-15,22,26H,16-18H2/t22-/m0/s1. The molecule has 4 rings (SSSR count). The van der Waals surface area contributed by atoms with Gasteiger partial charge in [-0.2, -0.15) is 0 Å². The van der Waals surface area contributed by atoms with Crippen molar-refractivity contribution in [3.05, 3.63) is 108 Å². The highest BCUT2D eigenvalue weighted by Gasteiger charge is 2.40. The molecule has 1 atom stereocenters. The highest BCUT2D eigenvalue weighted by molar-refractivity contribution is 5.95. The molecule has 3 nitrogen and oxygen atoms in total. The summed E-state index contributed by atoms with van der Waals surface area (Å²) in [5.41, 5.74) is 2.12. The fourth-order valence-corrected chi connectivity index (χ4v) is 3.58. The molecule has 0 saturated carbocycles. The molecule has 3 heteroatoms. The van der Waals surface area contributed by atoms with E-state index in [0.717, 1.165) is 16.7 Å². The largest absolute Gasteiger partial charge is 0.475 e. The molecule has 3 aromatic carbocycles. The first-order valence-corrected chi connectivity index (χ1v) is 9.29. The number of nitrogens with zero attached hydrogens (tertiary/aromatic N) is 1. The Morgan fingerprint density at radius 3 is 1.78 bits per heavy atom. The van der Waals surface area contributed by atoms with Crippen molar-refractivity contribution in [2.45, 2.75) is 24.5 Å². The number of aliphatic hydroxyl groups is 1. The van der Waals surface area contributed by atoms with Gasteiger partial charge in [0, 0.05) is 18.4 Å². The second kappa shape index (κ2) is 7.77. The Kier molecular flexibility index (Phi) is 5.03. The van der Waals surface area contributed by atoms with Gasteiger partial charge in [-0.25, -0.2) is 4.99 Å². The Balaban J connectivity index is 1.64. The highest BCUT2D eigenvalue weighted by Crippen LogP contribution is 2.29. The molecule has 0 aliphatic carbocycles. The van der Waals surface area contributed by atoms with Crippen LogP contribution < -0.4 is 0 Å². The minimum absolute atomic E-state index is 0.312. The first-order valence-electron chi connectivity index (χ1n) is 9.29. The number of ether oxygens (including phenoxy) is 1. The number of aliphatic imine (C=N–C) groups is 1. The summed E-state index contributed by atoms with van der Waals surface area (Å²) in [6.45, 7) is 0.389. The quantitative estimate of drug-likeness (QED) is 0.723. The predicted molar refractivity (Wildman–Crippen MR) is 108 cm³/mol. The minimum Gasteiger partial charge on any atom is -0.475 e. The second-order valence-corrected chi connectivity index (χ2v) is 7.06. The molecule has 1 N–H and O–H groups in total. The van der Waals surface area contributed by atoms with Gasteiger partial charge in [0.25, 0.3) is 0 Å². The van der Waals surface area contributed by atoms with Crippen molar-refractivity contribution >= 4 is 5.90 Å². The molecule has 0 fully saturated rings. The first-order chi connectivity index (χ1) is 13.2. The van der Waals surface area contributed by atoms with Gasteiger partial charge in [0.1, 0.15) is 12.6 Å². The van der Waals surface area contributed by atoms with Crippen molar-refractivity contribution in [1.82, 2.24) is 0 Å². The zero-order valence-corrected chi connectivity index (χ0v) is 15.2. The smallest absolute Gasteiger partial charge is 0.216 e. The lowest BCUT2D eigenvalue weighted by atomic mass is 9.82.